The lowest BCUT2D eigenvalue weighted by Crippen LogP contribution is -2.23. The van der Waals surface area contributed by atoms with Crippen molar-refractivity contribution in [3.63, 3.8) is 0 Å². The third kappa shape index (κ3) is 3.62. The molecular weight excluding hydrogens is 280 g/mol. The monoisotopic (exact) mass is 291 g/mol. The van der Waals surface area contributed by atoms with Gasteiger partial charge in [-0.3, -0.25) is 4.79 Å². The minimum atomic E-state index is -1.09. The molecule has 0 saturated carbocycles. The molecule has 108 valence electrons. The van der Waals surface area contributed by atoms with Crippen LogP contribution in [0.3, 0.4) is 0 Å². The van der Waals surface area contributed by atoms with Crippen LogP contribution in [0.25, 0.3) is 0 Å². The molecule has 0 aliphatic carbocycles. The second kappa shape index (κ2) is 6.13. The van der Waals surface area contributed by atoms with Crippen LogP contribution in [0.2, 0.25) is 0 Å². The number of carbonyl (C=O) groups excluding carboxylic acids is 1. The Kier molecular flexibility index (Phi) is 4.27. The summed E-state index contributed by atoms with van der Waals surface area (Å²) in [6.07, 6.45) is 0. The molecule has 0 aliphatic heterocycles. The maximum absolute atomic E-state index is 13.4. The molecule has 21 heavy (non-hydrogen) atoms. The van der Waals surface area contributed by atoms with Crippen LogP contribution in [0, 0.1) is 11.6 Å². The van der Waals surface area contributed by atoms with Gasteiger partial charge in [0, 0.05) is 23.7 Å². The Morgan fingerprint density at radius 3 is 2.19 bits per heavy atom. The van der Waals surface area contributed by atoms with Crippen LogP contribution in [0.15, 0.2) is 42.5 Å². The molecule has 2 aromatic rings. The number of benzene rings is 2. The van der Waals surface area contributed by atoms with E-state index in [9.17, 15) is 18.4 Å². The predicted molar refractivity (Wildman–Crippen MR) is 70.9 cm³/mol. The second-order valence-electron chi connectivity index (χ2n) is 4.30. The molecule has 6 heteroatoms. The third-order valence-electron chi connectivity index (χ3n) is 2.85. The van der Waals surface area contributed by atoms with E-state index in [0.29, 0.717) is 0 Å². The first kappa shape index (κ1) is 14.6. The van der Waals surface area contributed by atoms with Crippen molar-refractivity contribution >= 4 is 11.9 Å². The van der Waals surface area contributed by atoms with E-state index < -0.39 is 23.5 Å². The fourth-order valence-corrected chi connectivity index (χ4v) is 1.71. The van der Waals surface area contributed by atoms with Crippen molar-refractivity contribution < 1.29 is 23.5 Å². The van der Waals surface area contributed by atoms with E-state index >= 15 is 0 Å². The number of hydrogen-bond donors (Lipinski definition) is 2. The molecule has 2 aromatic carbocycles. The number of rotatable bonds is 4. The molecule has 0 unspecified atom stereocenters. The second-order valence-corrected chi connectivity index (χ2v) is 4.30. The van der Waals surface area contributed by atoms with Crippen molar-refractivity contribution in [2.24, 2.45) is 0 Å². The molecule has 0 aliphatic rings. The molecule has 0 spiro atoms. The summed E-state index contributed by atoms with van der Waals surface area (Å²) in [5.41, 5.74) is 0.477. The number of aromatic carboxylic acids is 1. The Morgan fingerprint density at radius 2 is 1.62 bits per heavy atom. The largest absolute Gasteiger partial charge is 0.478 e. The highest BCUT2D eigenvalue weighted by atomic mass is 19.1. The van der Waals surface area contributed by atoms with Gasteiger partial charge in [-0.1, -0.05) is 6.07 Å². The topological polar surface area (TPSA) is 66.4 Å². The highest BCUT2D eigenvalue weighted by Crippen LogP contribution is 2.10. The van der Waals surface area contributed by atoms with Crippen LogP contribution >= 0.6 is 0 Å². The lowest BCUT2D eigenvalue weighted by molar-refractivity contribution is 0.0696. The summed E-state index contributed by atoms with van der Waals surface area (Å²) in [6.45, 7) is -0.0916. The van der Waals surface area contributed by atoms with Gasteiger partial charge in [-0.15, -0.1) is 0 Å². The predicted octanol–water partition coefficient (Wildman–Crippen LogP) is 2.59. The average molecular weight is 291 g/mol. The van der Waals surface area contributed by atoms with Crippen LogP contribution in [-0.2, 0) is 6.54 Å². The van der Waals surface area contributed by atoms with Gasteiger partial charge in [0.15, 0.2) is 0 Å². The van der Waals surface area contributed by atoms with E-state index in [2.05, 4.69) is 5.32 Å². The maximum atomic E-state index is 13.4. The van der Waals surface area contributed by atoms with Gasteiger partial charge in [-0.2, -0.15) is 0 Å². The minimum absolute atomic E-state index is 0.0659. The highest BCUT2D eigenvalue weighted by molar-refractivity contribution is 5.95. The molecule has 0 atom stereocenters. The molecule has 1 amide bonds. The molecule has 0 saturated heterocycles. The van der Waals surface area contributed by atoms with Gasteiger partial charge < -0.3 is 10.4 Å². The number of hydrogen-bond acceptors (Lipinski definition) is 2. The number of amides is 1. The van der Waals surface area contributed by atoms with Gasteiger partial charge >= 0.3 is 5.97 Å². The van der Waals surface area contributed by atoms with E-state index in [1.807, 2.05) is 0 Å². The van der Waals surface area contributed by atoms with Crippen LogP contribution in [0.4, 0.5) is 8.78 Å². The average Bonchev–Trinajstić information content (AvgIpc) is 2.46. The Labute approximate surface area is 119 Å². The van der Waals surface area contributed by atoms with Crippen LogP contribution in [0.1, 0.15) is 26.3 Å². The zero-order valence-corrected chi connectivity index (χ0v) is 10.8. The summed E-state index contributed by atoms with van der Waals surface area (Å²) >= 11 is 0. The number of carbonyl (C=O) groups is 2. The van der Waals surface area contributed by atoms with Gasteiger partial charge in [0.25, 0.3) is 5.91 Å². The molecule has 2 rings (SSSR count). The van der Waals surface area contributed by atoms with Crippen LogP contribution in [0.5, 0.6) is 0 Å². The highest BCUT2D eigenvalue weighted by Gasteiger charge is 2.09. The van der Waals surface area contributed by atoms with Gasteiger partial charge in [-0.05, 0) is 30.3 Å². The first-order chi connectivity index (χ1) is 9.97. The Hall–Kier alpha value is -2.76. The first-order valence-electron chi connectivity index (χ1n) is 6.03. The van der Waals surface area contributed by atoms with E-state index in [0.717, 1.165) is 12.1 Å². The Balaban J connectivity index is 2.02. The zero-order valence-electron chi connectivity index (χ0n) is 10.8. The molecular formula is C15H11F2NO3. The maximum Gasteiger partial charge on any atom is 0.335 e. The van der Waals surface area contributed by atoms with E-state index in [4.69, 9.17) is 5.11 Å². The Bertz CT molecular complexity index is 684. The van der Waals surface area contributed by atoms with Gasteiger partial charge in [0.1, 0.15) is 11.6 Å². The number of halogens is 2. The van der Waals surface area contributed by atoms with Crippen molar-refractivity contribution in [3.8, 4) is 0 Å². The summed E-state index contributed by atoms with van der Waals surface area (Å²) in [7, 11) is 0. The van der Waals surface area contributed by atoms with Crippen molar-refractivity contribution in [2.45, 2.75) is 6.54 Å². The molecule has 0 heterocycles. The molecule has 4 nitrogen and oxygen atoms in total. The fourth-order valence-electron chi connectivity index (χ4n) is 1.71. The van der Waals surface area contributed by atoms with Crippen molar-refractivity contribution in [1.29, 1.82) is 0 Å². The summed E-state index contributed by atoms with van der Waals surface area (Å²) in [5.74, 6) is -2.99. The lowest BCUT2D eigenvalue weighted by atomic mass is 10.1. The lowest BCUT2D eigenvalue weighted by Gasteiger charge is -2.07. The summed E-state index contributed by atoms with van der Waals surface area (Å²) in [4.78, 5) is 22.5. The third-order valence-corrected chi connectivity index (χ3v) is 2.85. The number of carboxylic acid groups (broad SMARTS) is 1. The number of nitrogens with one attached hydrogen (secondary N) is 1. The summed E-state index contributed by atoms with van der Waals surface area (Å²) < 4.78 is 26.1. The van der Waals surface area contributed by atoms with Crippen LogP contribution in [-0.4, -0.2) is 17.0 Å². The zero-order chi connectivity index (χ0) is 15.4. The molecule has 0 fully saturated rings. The van der Waals surface area contributed by atoms with E-state index in [1.54, 1.807) is 0 Å². The van der Waals surface area contributed by atoms with Crippen molar-refractivity contribution in [1.82, 2.24) is 5.32 Å². The quantitative estimate of drug-likeness (QED) is 0.910. The SMILES string of the molecule is O=C(O)c1ccc(C(=O)NCc2ccc(F)cc2F)cc1. The normalized spacial score (nSPS) is 10.2. The molecule has 0 radical (unpaired) electrons. The molecule has 0 aromatic heterocycles. The number of carboxylic acids is 1. The van der Waals surface area contributed by atoms with E-state index in [-0.39, 0.29) is 23.2 Å². The van der Waals surface area contributed by atoms with E-state index in [1.165, 1.54) is 30.3 Å². The molecule has 0 bridgehead atoms. The van der Waals surface area contributed by atoms with Gasteiger partial charge in [-0.25, -0.2) is 13.6 Å². The Morgan fingerprint density at radius 1 is 1.00 bits per heavy atom. The van der Waals surface area contributed by atoms with Gasteiger partial charge in [0.2, 0.25) is 0 Å². The van der Waals surface area contributed by atoms with Crippen molar-refractivity contribution in [3.05, 3.63) is 70.8 Å². The van der Waals surface area contributed by atoms with Crippen molar-refractivity contribution in [2.75, 3.05) is 0 Å². The first-order valence-corrected chi connectivity index (χ1v) is 6.03. The fraction of sp³-hybridized carbons (Fsp3) is 0.0667. The molecule has 2 N–H and O–H groups in total. The van der Waals surface area contributed by atoms with Gasteiger partial charge in [0.05, 0.1) is 5.56 Å². The summed E-state index contributed by atoms with van der Waals surface area (Å²) in [5, 5.41) is 11.2. The standard InChI is InChI=1S/C15H11F2NO3/c16-12-6-5-11(13(17)7-12)8-18-14(19)9-1-3-10(4-2-9)15(20)21/h1-7H,8H2,(H,18,19)(H,20,21). The minimum Gasteiger partial charge on any atom is -0.478 e. The smallest absolute Gasteiger partial charge is 0.335 e. The summed E-state index contributed by atoms with van der Waals surface area (Å²) in [6, 6.07) is 8.42. The van der Waals surface area contributed by atoms with Crippen LogP contribution < -0.4 is 5.32 Å².